The number of nitrogens with zero attached hydrogens (tertiary/aromatic N) is 2. The van der Waals surface area contributed by atoms with E-state index in [4.69, 9.17) is 0 Å². The molecule has 0 saturated heterocycles. The SMILES string of the molecule is CC[C@H](C)NC(=O)[C@H](Cc1ccccc1)N(Cc1ccccc1)C(=O)CN(C)S(=O)(=O)c1ccc2ccccc2c1. The number of hydrogen-bond acceptors (Lipinski definition) is 4. The molecule has 2 amide bonds. The lowest BCUT2D eigenvalue weighted by atomic mass is 10.0. The zero-order chi connectivity index (χ0) is 29.4. The number of benzene rings is 4. The van der Waals surface area contributed by atoms with Crippen LogP contribution in [0.5, 0.6) is 0 Å². The molecule has 0 heterocycles. The fourth-order valence-electron chi connectivity index (χ4n) is 4.65. The maximum atomic E-state index is 14.0. The summed E-state index contributed by atoms with van der Waals surface area (Å²) in [6.07, 6.45) is 1.03. The van der Waals surface area contributed by atoms with E-state index in [0.717, 1.165) is 32.6 Å². The van der Waals surface area contributed by atoms with Crippen molar-refractivity contribution in [2.75, 3.05) is 13.6 Å². The smallest absolute Gasteiger partial charge is 0.243 e. The Kier molecular flexibility index (Phi) is 9.91. The molecule has 7 nitrogen and oxygen atoms in total. The molecule has 0 radical (unpaired) electrons. The van der Waals surface area contributed by atoms with Crippen molar-refractivity contribution in [3.63, 3.8) is 0 Å². The van der Waals surface area contributed by atoms with Gasteiger partial charge in [0.1, 0.15) is 6.04 Å². The van der Waals surface area contributed by atoms with Crippen LogP contribution in [0.15, 0.2) is 108 Å². The van der Waals surface area contributed by atoms with Crippen LogP contribution in [-0.2, 0) is 32.6 Å². The molecule has 0 spiro atoms. The molecular formula is C33H37N3O4S. The Balaban J connectivity index is 1.66. The molecular weight excluding hydrogens is 534 g/mol. The zero-order valence-corrected chi connectivity index (χ0v) is 24.6. The Labute approximate surface area is 242 Å². The summed E-state index contributed by atoms with van der Waals surface area (Å²) in [6.45, 7) is 3.65. The molecule has 4 aromatic rings. The number of fused-ring (bicyclic) bond motifs is 1. The molecule has 0 aromatic heterocycles. The predicted octanol–water partition coefficient (Wildman–Crippen LogP) is 5.02. The van der Waals surface area contributed by atoms with Crippen LogP contribution in [0.2, 0.25) is 0 Å². The molecule has 0 aliphatic rings. The average Bonchev–Trinajstić information content (AvgIpc) is 2.99. The Morgan fingerprint density at radius 1 is 0.805 bits per heavy atom. The van der Waals surface area contributed by atoms with E-state index in [1.165, 1.54) is 11.9 Å². The Hall–Kier alpha value is -4.01. The summed E-state index contributed by atoms with van der Waals surface area (Å²) in [7, 11) is -2.58. The molecule has 0 aliphatic heterocycles. The van der Waals surface area contributed by atoms with Gasteiger partial charge in [0.05, 0.1) is 11.4 Å². The van der Waals surface area contributed by atoms with Gasteiger partial charge in [0.2, 0.25) is 21.8 Å². The van der Waals surface area contributed by atoms with Crippen LogP contribution < -0.4 is 5.32 Å². The van der Waals surface area contributed by atoms with Crippen molar-refractivity contribution < 1.29 is 18.0 Å². The van der Waals surface area contributed by atoms with Crippen molar-refractivity contribution in [1.82, 2.24) is 14.5 Å². The molecule has 4 aromatic carbocycles. The van der Waals surface area contributed by atoms with Crippen LogP contribution in [0, 0.1) is 0 Å². The van der Waals surface area contributed by atoms with Crippen LogP contribution in [0.4, 0.5) is 0 Å². The first kappa shape index (κ1) is 30.0. The van der Waals surface area contributed by atoms with Gasteiger partial charge in [-0.25, -0.2) is 8.42 Å². The van der Waals surface area contributed by atoms with Gasteiger partial charge in [0.25, 0.3) is 0 Å². The van der Waals surface area contributed by atoms with E-state index in [-0.39, 0.29) is 23.4 Å². The third kappa shape index (κ3) is 7.60. The number of rotatable bonds is 12. The monoisotopic (exact) mass is 571 g/mol. The van der Waals surface area contributed by atoms with Gasteiger partial charge in [-0.1, -0.05) is 97.9 Å². The maximum absolute atomic E-state index is 14.0. The van der Waals surface area contributed by atoms with Crippen molar-refractivity contribution in [1.29, 1.82) is 0 Å². The summed E-state index contributed by atoms with van der Waals surface area (Å²) in [5.41, 5.74) is 1.75. The number of likely N-dealkylation sites (N-methyl/N-ethyl adjacent to an activating group) is 1. The van der Waals surface area contributed by atoms with Crippen molar-refractivity contribution >= 4 is 32.6 Å². The summed E-state index contributed by atoms with van der Waals surface area (Å²) < 4.78 is 28.2. The quantitative estimate of drug-likeness (QED) is 0.259. The first-order chi connectivity index (χ1) is 19.7. The van der Waals surface area contributed by atoms with Crippen LogP contribution in [0.3, 0.4) is 0 Å². The molecule has 1 N–H and O–H groups in total. The fourth-order valence-corrected chi connectivity index (χ4v) is 5.81. The fraction of sp³-hybridized carbons (Fsp3) is 0.273. The highest BCUT2D eigenvalue weighted by atomic mass is 32.2. The van der Waals surface area contributed by atoms with E-state index in [1.54, 1.807) is 18.2 Å². The highest BCUT2D eigenvalue weighted by molar-refractivity contribution is 7.89. The lowest BCUT2D eigenvalue weighted by Gasteiger charge is -2.33. The highest BCUT2D eigenvalue weighted by Gasteiger charge is 2.33. The van der Waals surface area contributed by atoms with Gasteiger partial charge >= 0.3 is 0 Å². The molecule has 0 aliphatic carbocycles. The van der Waals surface area contributed by atoms with E-state index in [0.29, 0.717) is 6.42 Å². The number of amides is 2. The third-order valence-corrected chi connectivity index (χ3v) is 9.05. The van der Waals surface area contributed by atoms with E-state index in [1.807, 2.05) is 98.8 Å². The van der Waals surface area contributed by atoms with Gasteiger partial charge < -0.3 is 10.2 Å². The second kappa shape index (κ2) is 13.6. The van der Waals surface area contributed by atoms with Gasteiger partial charge in [-0.2, -0.15) is 4.31 Å². The first-order valence-corrected chi connectivity index (χ1v) is 15.3. The molecule has 8 heteroatoms. The molecule has 0 unspecified atom stereocenters. The summed E-state index contributed by atoms with van der Waals surface area (Å²) in [5.74, 6) is -0.728. The van der Waals surface area contributed by atoms with Gasteiger partial charge in [-0.3, -0.25) is 9.59 Å². The zero-order valence-electron chi connectivity index (χ0n) is 23.7. The van der Waals surface area contributed by atoms with Crippen molar-refractivity contribution in [3.8, 4) is 0 Å². The molecule has 4 rings (SSSR count). The van der Waals surface area contributed by atoms with Crippen LogP contribution in [0.1, 0.15) is 31.4 Å². The minimum Gasteiger partial charge on any atom is -0.352 e. The molecule has 41 heavy (non-hydrogen) atoms. The molecule has 2 atom stereocenters. The Bertz CT molecular complexity index is 1580. The summed E-state index contributed by atoms with van der Waals surface area (Å²) in [6, 6.07) is 30.5. The molecule has 0 bridgehead atoms. The maximum Gasteiger partial charge on any atom is 0.243 e. The van der Waals surface area contributed by atoms with E-state index in [2.05, 4.69) is 5.32 Å². The minimum atomic E-state index is -3.97. The third-order valence-electron chi connectivity index (χ3n) is 7.25. The highest BCUT2D eigenvalue weighted by Crippen LogP contribution is 2.22. The van der Waals surface area contributed by atoms with E-state index < -0.39 is 28.5 Å². The van der Waals surface area contributed by atoms with Crippen LogP contribution in [0.25, 0.3) is 10.8 Å². The standard InChI is InChI=1S/C33H37N3O4S/c1-4-25(2)34-33(38)31(21-26-13-7-5-8-14-26)36(23-27-15-9-6-10-16-27)32(37)24-35(3)41(39,40)30-20-19-28-17-11-12-18-29(28)22-30/h5-20,22,25,31H,4,21,23-24H2,1-3H3,(H,34,38)/t25-,31-/m0/s1. The van der Waals surface area contributed by atoms with Crippen LogP contribution >= 0.6 is 0 Å². The summed E-state index contributed by atoms with van der Waals surface area (Å²) in [5, 5.41) is 4.75. The van der Waals surface area contributed by atoms with Gasteiger partial charge in [0.15, 0.2) is 0 Å². The Morgan fingerprint density at radius 2 is 1.39 bits per heavy atom. The van der Waals surface area contributed by atoms with Gasteiger partial charge in [-0.05, 0) is 47.4 Å². The number of carbonyl (C=O) groups excluding carboxylic acids is 2. The minimum absolute atomic E-state index is 0.0783. The Morgan fingerprint density at radius 3 is 2.02 bits per heavy atom. The lowest BCUT2D eigenvalue weighted by Crippen LogP contribution is -2.54. The molecule has 214 valence electrons. The normalized spacial score (nSPS) is 13.1. The average molecular weight is 572 g/mol. The van der Waals surface area contributed by atoms with Crippen molar-refractivity contribution in [2.24, 2.45) is 0 Å². The second-order valence-electron chi connectivity index (χ2n) is 10.3. The summed E-state index contributed by atoms with van der Waals surface area (Å²) >= 11 is 0. The number of hydrogen-bond donors (Lipinski definition) is 1. The predicted molar refractivity (Wildman–Crippen MR) is 163 cm³/mol. The topological polar surface area (TPSA) is 86.8 Å². The largest absolute Gasteiger partial charge is 0.352 e. The number of sulfonamides is 1. The van der Waals surface area contributed by atoms with E-state index >= 15 is 0 Å². The molecule has 0 saturated carbocycles. The second-order valence-corrected chi connectivity index (χ2v) is 12.3. The van der Waals surface area contributed by atoms with Crippen molar-refractivity contribution in [2.45, 2.75) is 50.2 Å². The lowest BCUT2D eigenvalue weighted by molar-refractivity contribution is -0.141. The van der Waals surface area contributed by atoms with Gasteiger partial charge in [0, 0.05) is 26.1 Å². The number of carbonyl (C=O) groups is 2. The van der Waals surface area contributed by atoms with E-state index in [9.17, 15) is 18.0 Å². The molecule has 0 fully saturated rings. The summed E-state index contributed by atoms with van der Waals surface area (Å²) in [4.78, 5) is 29.2. The van der Waals surface area contributed by atoms with Crippen molar-refractivity contribution in [3.05, 3.63) is 114 Å². The van der Waals surface area contributed by atoms with Gasteiger partial charge in [-0.15, -0.1) is 0 Å². The first-order valence-electron chi connectivity index (χ1n) is 13.8. The van der Waals surface area contributed by atoms with Crippen LogP contribution in [-0.4, -0.2) is 55.1 Å². The number of nitrogens with one attached hydrogen (secondary N) is 1.